The van der Waals surface area contributed by atoms with Gasteiger partial charge < -0.3 is 10.1 Å². The number of rotatable bonds is 6. The van der Waals surface area contributed by atoms with Gasteiger partial charge in [-0.3, -0.25) is 9.69 Å². The van der Waals surface area contributed by atoms with Crippen molar-refractivity contribution >= 4 is 16.1 Å². The molecule has 2 fully saturated rings. The first kappa shape index (κ1) is 20.3. The van der Waals surface area contributed by atoms with Gasteiger partial charge in [-0.25, -0.2) is 0 Å². The van der Waals surface area contributed by atoms with Crippen molar-refractivity contribution < 1.29 is 17.9 Å². The van der Waals surface area contributed by atoms with Gasteiger partial charge in [0.05, 0.1) is 18.2 Å². The first-order chi connectivity index (χ1) is 11.8. The lowest BCUT2D eigenvalue weighted by atomic mass is 10.2. The van der Waals surface area contributed by atoms with Crippen LogP contribution >= 0.6 is 0 Å². The van der Waals surface area contributed by atoms with Gasteiger partial charge in [-0.05, 0) is 20.8 Å². The molecular formula is C16H30N4O4S. The summed E-state index contributed by atoms with van der Waals surface area (Å²) in [5.41, 5.74) is 0. The fraction of sp³-hybridized carbons (Fsp3) is 0.812. The second-order valence-corrected chi connectivity index (χ2v) is 8.66. The zero-order valence-corrected chi connectivity index (χ0v) is 16.2. The van der Waals surface area contributed by atoms with Crippen molar-refractivity contribution in [3.05, 3.63) is 12.7 Å². The molecule has 2 aliphatic rings. The largest absolute Gasteiger partial charge is 0.373 e. The van der Waals surface area contributed by atoms with Gasteiger partial charge in [-0.1, -0.05) is 6.08 Å². The first-order valence-electron chi connectivity index (χ1n) is 8.79. The molecular weight excluding hydrogens is 344 g/mol. The van der Waals surface area contributed by atoms with Crippen molar-refractivity contribution in [3.63, 3.8) is 0 Å². The van der Waals surface area contributed by atoms with Gasteiger partial charge in [0.15, 0.2) is 0 Å². The summed E-state index contributed by atoms with van der Waals surface area (Å²) < 4.78 is 34.4. The lowest BCUT2D eigenvalue weighted by molar-refractivity contribution is -0.126. The van der Waals surface area contributed by atoms with E-state index in [4.69, 9.17) is 4.74 Å². The highest BCUT2D eigenvalue weighted by Gasteiger charge is 2.37. The average Bonchev–Trinajstić information content (AvgIpc) is 2.58. The molecule has 25 heavy (non-hydrogen) atoms. The molecule has 2 saturated heterocycles. The Morgan fingerprint density at radius 2 is 1.76 bits per heavy atom. The van der Waals surface area contributed by atoms with Crippen molar-refractivity contribution in [2.75, 3.05) is 45.8 Å². The van der Waals surface area contributed by atoms with E-state index < -0.39 is 10.2 Å². The number of piperazine rings is 1. The van der Waals surface area contributed by atoms with Gasteiger partial charge >= 0.3 is 0 Å². The minimum Gasteiger partial charge on any atom is -0.373 e. The Morgan fingerprint density at radius 3 is 2.28 bits per heavy atom. The third-order valence-electron chi connectivity index (χ3n) is 4.66. The van der Waals surface area contributed by atoms with Gasteiger partial charge in [0.1, 0.15) is 0 Å². The molecule has 0 unspecified atom stereocenters. The van der Waals surface area contributed by atoms with Gasteiger partial charge in [0.2, 0.25) is 5.91 Å². The Bertz CT molecular complexity index is 565. The summed E-state index contributed by atoms with van der Waals surface area (Å²) in [4.78, 5) is 14.1. The molecule has 8 nitrogen and oxygen atoms in total. The maximum Gasteiger partial charge on any atom is 0.282 e. The number of amides is 1. The molecule has 1 amide bonds. The summed E-state index contributed by atoms with van der Waals surface area (Å²) in [5.74, 6) is -0.0629. The maximum atomic E-state index is 12.9. The minimum absolute atomic E-state index is 0.0629. The Balaban J connectivity index is 1.92. The number of ether oxygens (including phenoxy) is 1. The van der Waals surface area contributed by atoms with E-state index in [1.807, 2.05) is 25.7 Å². The van der Waals surface area contributed by atoms with E-state index in [0.717, 1.165) is 0 Å². The summed E-state index contributed by atoms with van der Waals surface area (Å²) in [6.07, 6.45) is 1.43. The van der Waals surface area contributed by atoms with Gasteiger partial charge in [0, 0.05) is 45.8 Å². The summed E-state index contributed by atoms with van der Waals surface area (Å²) >= 11 is 0. The molecule has 2 rings (SSSR count). The zero-order chi connectivity index (χ0) is 18.6. The molecule has 144 valence electrons. The van der Waals surface area contributed by atoms with E-state index in [1.54, 1.807) is 6.08 Å². The monoisotopic (exact) mass is 374 g/mol. The highest BCUT2D eigenvalue weighted by molar-refractivity contribution is 7.86. The van der Waals surface area contributed by atoms with E-state index in [2.05, 4.69) is 11.9 Å². The van der Waals surface area contributed by atoms with E-state index in [9.17, 15) is 13.2 Å². The second-order valence-electron chi connectivity index (χ2n) is 6.73. The van der Waals surface area contributed by atoms with Crippen molar-refractivity contribution in [2.24, 2.45) is 0 Å². The van der Waals surface area contributed by atoms with Gasteiger partial charge in [0.25, 0.3) is 10.2 Å². The number of hydrogen-bond donors (Lipinski definition) is 1. The van der Waals surface area contributed by atoms with Crippen LogP contribution in [0.3, 0.4) is 0 Å². The van der Waals surface area contributed by atoms with Crippen molar-refractivity contribution in [3.8, 4) is 0 Å². The lowest BCUT2D eigenvalue weighted by Crippen LogP contribution is -2.59. The molecule has 0 bridgehead atoms. The SMILES string of the molecule is C=CCNC(=O)[C@@H](C)N1CCN(S(=O)(=O)N2C[C@@H](C)O[C@@H](C)C2)CC1. The maximum absolute atomic E-state index is 12.9. The van der Waals surface area contributed by atoms with Crippen LogP contribution in [0, 0.1) is 0 Å². The first-order valence-corrected chi connectivity index (χ1v) is 10.2. The van der Waals surface area contributed by atoms with Crippen LogP contribution in [0.5, 0.6) is 0 Å². The molecule has 1 N–H and O–H groups in total. The van der Waals surface area contributed by atoms with Crippen LogP contribution in [0.2, 0.25) is 0 Å². The van der Waals surface area contributed by atoms with Crippen LogP contribution in [0.15, 0.2) is 12.7 Å². The van der Waals surface area contributed by atoms with Crippen LogP contribution in [-0.4, -0.2) is 91.9 Å². The average molecular weight is 375 g/mol. The van der Waals surface area contributed by atoms with Gasteiger partial charge in [-0.15, -0.1) is 6.58 Å². The van der Waals surface area contributed by atoms with Crippen LogP contribution in [-0.2, 0) is 19.7 Å². The number of morpholine rings is 1. The number of carbonyl (C=O) groups excluding carboxylic acids is 1. The zero-order valence-electron chi connectivity index (χ0n) is 15.3. The van der Waals surface area contributed by atoms with E-state index in [0.29, 0.717) is 45.8 Å². The fourth-order valence-electron chi connectivity index (χ4n) is 3.29. The lowest BCUT2D eigenvalue weighted by Gasteiger charge is -2.41. The van der Waals surface area contributed by atoms with Crippen LogP contribution in [0.25, 0.3) is 0 Å². The molecule has 0 aromatic heterocycles. The Kier molecular flexibility index (Phi) is 6.98. The number of hydrogen-bond acceptors (Lipinski definition) is 5. The van der Waals surface area contributed by atoms with Crippen molar-refractivity contribution in [1.29, 1.82) is 0 Å². The standard InChI is InChI=1S/C16H30N4O4S/c1-5-6-17-16(21)15(4)18-7-9-19(10-8-18)25(22,23)20-11-13(2)24-14(3)12-20/h5,13-15H,1,6-12H2,2-4H3,(H,17,21)/t13-,14+,15-/m1/s1. The van der Waals surface area contributed by atoms with Crippen LogP contribution in [0.4, 0.5) is 0 Å². The van der Waals surface area contributed by atoms with E-state index in [-0.39, 0.29) is 24.2 Å². The topological polar surface area (TPSA) is 82.2 Å². The number of nitrogens with one attached hydrogen (secondary N) is 1. The fourth-order valence-corrected chi connectivity index (χ4v) is 5.04. The normalized spacial score (nSPS) is 28.4. The Morgan fingerprint density at radius 1 is 1.20 bits per heavy atom. The minimum atomic E-state index is -3.49. The summed E-state index contributed by atoms with van der Waals surface area (Å²) in [6, 6.07) is -0.284. The molecule has 2 heterocycles. The number of carbonyl (C=O) groups is 1. The van der Waals surface area contributed by atoms with E-state index >= 15 is 0 Å². The molecule has 0 spiro atoms. The molecule has 0 radical (unpaired) electrons. The molecule has 0 aromatic rings. The second kappa shape index (κ2) is 8.59. The molecule has 0 aromatic carbocycles. The summed E-state index contributed by atoms with van der Waals surface area (Å²) in [6.45, 7) is 12.3. The van der Waals surface area contributed by atoms with Gasteiger partial charge in [-0.2, -0.15) is 17.0 Å². The van der Waals surface area contributed by atoms with E-state index in [1.165, 1.54) is 8.61 Å². The molecule has 0 aliphatic carbocycles. The quantitative estimate of drug-likeness (QED) is 0.643. The molecule has 9 heteroatoms. The summed E-state index contributed by atoms with van der Waals surface area (Å²) in [7, 11) is -3.49. The number of nitrogens with zero attached hydrogens (tertiary/aromatic N) is 3. The molecule has 3 atom stereocenters. The highest BCUT2D eigenvalue weighted by Crippen LogP contribution is 2.19. The van der Waals surface area contributed by atoms with Crippen LogP contribution in [0.1, 0.15) is 20.8 Å². The smallest absolute Gasteiger partial charge is 0.282 e. The Labute approximate surface area is 151 Å². The highest BCUT2D eigenvalue weighted by atomic mass is 32.2. The predicted molar refractivity (Wildman–Crippen MR) is 96.3 cm³/mol. The van der Waals surface area contributed by atoms with Crippen LogP contribution < -0.4 is 5.32 Å². The molecule has 2 aliphatic heterocycles. The predicted octanol–water partition coefficient (Wildman–Crippen LogP) is -0.351. The summed E-state index contributed by atoms with van der Waals surface area (Å²) in [5, 5.41) is 2.78. The molecule has 0 saturated carbocycles. The Hall–Kier alpha value is -1.00. The third kappa shape index (κ3) is 5.01. The van der Waals surface area contributed by atoms with Crippen molar-refractivity contribution in [1.82, 2.24) is 18.8 Å². The third-order valence-corrected chi connectivity index (χ3v) is 6.63. The van der Waals surface area contributed by atoms with Crippen molar-refractivity contribution in [2.45, 2.75) is 39.0 Å².